The van der Waals surface area contributed by atoms with E-state index in [1.165, 1.54) is 0 Å². The molecule has 0 aliphatic rings. The standard InChI is InChI=1S/C4H11NOSi.3C4H9NO/c1-2-4(3-7)5-6;3*1-3-4(2)5-6/h6H,2-3H2,1,7H3;3*6H,3H2,1-2H3. The Bertz CT molecular complexity index is 349. The molecule has 0 atom stereocenters. The third-order valence-corrected chi connectivity index (χ3v) is 3.82. The Morgan fingerprint density at radius 3 is 0.880 bits per heavy atom. The first kappa shape index (κ1) is 30.9. The maximum Gasteiger partial charge on any atom is 0.0537 e. The van der Waals surface area contributed by atoms with Crippen LogP contribution < -0.4 is 0 Å². The van der Waals surface area contributed by atoms with Crippen molar-refractivity contribution in [2.45, 2.75) is 80.2 Å². The third-order valence-electron chi connectivity index (χ3n) is 3.00. The van der Waals surface area contributed by atoms with Crippen molar-refractivity contribution in [1.29, 1.82) is 0 Å². The van der Waals surface area contributed by atoms with E-state index in [-0.39, 0.29) is 0 Å². The highest BCUT2D eigenvalue weighted by Gasteiger charge is 1.87. The van der Waals surface area contributed by atoms with Crippen LogP contribution in [-0.2, 0) is 0 Å². The van der Waals surface area contributed by atoms with Gasteiger partial charge in [-0.15, -0.1) is 0 Å². The fourth-order valence-electron chi connectivity index (χ4n) is 0.604. The summed E-state index contributed by atoms with van der Waals surface area (Å²) in [5.41, 5.74) is 3.24. The molecular weight excluding hydrogens is 340 g/mol. The lowest BCUT2D eigenvalue weighted by molar-refractivity contribution is 0.317. The van der Waals surface area contributed by atoms with Crippen molar-refractivity contribution in [3.8, 4) is 0 Å². The van der Waals surface area contributed by atoms with Crippen molar-refractivity contribution in [2.24, 2.45) is 20.6 Å². The zero-order valence-electron chi connectivity index (χ0n) is 17.1. The molecule has 150 valence electrons. The average molecular weight is 379 g/mol. The Hall–Kier alpha value is -1.90. The van der Waals surface area contributed by atoms with E-state index < -0.39 is 0 Å². The normalized spacial score (nSPS) is 12.1. The van der Waals surface area contributed by atoms with E-state index in [0.29, 0.717) is 0 Å². The lowest BCUT2D eigenvalue weighted by Crippen LogP contribution is -1.92. The summed E-state index contributed by atoms with van der Waals surface area (Å²) >= 11 is 0. The molecule has 8 nitrogen and oxygen atoms in total. The summed E-state index contributed by atoms with van der Waals surface area (Å²) < 4.78 is 0. The molecule has 0 spiro atoms. The average Bonchev–Trinajstić information content (AvgIpc) is 2.68. The zero-order valence-corrected chi connectivity index (χ0v) is 19.1. The molecule has 0 aliphatic heterocycles. The molecule has 9 heteroatoms. The van der Waals surface area contributed by atoms with Crippen LogP contribution >= 0.6 is 0 Å². The Kier molecular flexibility index (Phi) is 33.4. The largest absolute Gasteiger partial charge is 0.411 e. The lowest BCUT2D eigenvalue weighted by atomic mass is 10.3. The van der Waals surface area contributed by atoms with Crippen molar-refractivity contribution >= 4 is 33.1 Å². The SMILES string of the molecule is CCC(C)=NO.CCC(C)=NO.CCC(C)=NO.CCC(C[SiH3])=NO. The number of hydrogen-bond donors (Lipinski definition) is 4. The summed E-state index contributed by atoms with van der Waals surface area (Å²) in [6.45, 7) is 13.1. The van der Waals surface area contributed by atoms with Gasteiger partial charge in [0.1, 0.15) is 0 Å². The van der Waals surface area contributed by atoms with Gasteiger partial charge in [0.05, 0.1) is 22.8 Å². The molecule has 0 bridgehead atoms. The molecule has 0 saturated heterocycles. The van der Waals surface area contributed by atoms with Crippen molar-refractivity contribution < 1.29 is 20.8 Å². The fourth-order valence-corrected chi connectivity index (χ4v) is 1.24. The first-order chi connectivity index (χ1) is 11.8. The van der Waals surface area contributed by atoms with E-state index in [2.05, 4.69) is 20.6 Å². The monoisotopic (exact) mass is 378 g/mol. The van der Waals surface area contributed by atoms with Crippen molar-refractivity contribution in [3.05, 3.63) is 0 Å². The predicted octanol–water partition coefficient (Wildman–Crippen LogP) is 3.75. The molecule has 0 aliphatic carbocycles. The lowest BCUT2D eigenvalue weighted by Gasteiger charge is -1.89. The number of rotatable bonds is 5. The van der Waals surface area contributed by atoms with Crippen LogP contribution in [-0.4, -0.2) is 53.9 Å². The highest BCUT2D eigenvalue weighted by Crippen LogP contribution is 1.86. The summed E-state index contributed by atoms with van der Waals surface area (Å²) in [6.07, 6.45) is 3.38. The van der Waals surface area contributed by atoms with E-state index in [1.54, 1.807) is 20.8 Å². The molecule has 0 fully saturated rings. The van der Waals surface area contributed by atoms with Gasteiger partial charge in [-0.3, -0.25) is 0 Å². The van der Waals surface area contributed by atoms with Crippen LogP contribution in [0.5, 0.6) is 0 Å². The molecule has 0 rings (SSSR count). The van der Waals surface area contributed by atoms with Gasteiger partial charge < -0.3 is 20.8 Å². The van der Waals surface area contributed by atoms with E-state index in [1.807, 2.05) is 27.7 Å². The van der Waals surface area contributed by atoms with Crippen LogP contribution in [0.3, 0.4) is 0 Å². The van der Waals surface area contributed by atoms with Gasteiger partial charge in [-0.25, -0.2) is 0 Å². The number of nitrogens with zero attached hydrogens (tertiary/aromatic N) is 4. The Balaban J connectivity index is -0.000000118. The van der Waals surface area contributed by atoms with Crippen LogP contribution in [0.15, 0.2) is 20.6 Å². The highest BCUT2D eigenvalue weighted by atomic mass is 28.1. The van der Waals surface area contributed by atoms with Crippen LogP contribution in [0.1, 0.15) is 74.1 Å². The van der Waals surface area contributed by atoms with Gasteiger partial charge in [0.25, 0.3) is 0 Å². The van der Waals surface area contributed by atoms with Crippen molar-refractivity contribution in [2.75, 3.05) is 0 Å². The molecule has 0 aromatic rings. The molecule has 0 aromatic heterocycles. The second-order valence-corrected chi connectivity index (χ2v) is 5.65. The van der Waals surface area contributed by atoms with E-state index in [9.17, 15) is 0 Å². The summed E-state index contributed by atoms with van der Waals surface area (Å²) in [6, 6.07) is 0.993. The van der Waals surface area contributed by atoms with E-state index >= 15 is 0 Å². The first-order valence-electron chi connectivity index (χ1n) is 8.50. The summed E-state index contributed by atoms with van der Waals surface area (Å²) in [5, 5.41) is 43.8. The van der Waals surface area contributed by atoms with Gasteiger partial charge >= 0.3 is 0 Å². The van der Waals surface area contributed by atoms with Gasteiger partial charge in [-0.05, 0) is 52.5 Å². The van der Waals surface area contributed by atoms with Crippen molar-refractivity contribution in [1.82, 2.24) is 0 Å². The summed E-state index contributed by atoms with van der Waals surface area (Å²) in [7, 11) is 1.10. The van der Waals surface area contributed by atoms with Gasteiger partial charge in [-0.2, -0.15) is 0 Å². The molecule has 25 heavy (non-hydrogen) atoms. The number of oxime groups is 4. The van der Waals surface area contributed by atoms with Crippen LogP contribution in [0, 0.1) is 0 Å². The second-order valence-electron chi connectivity index (χ2n) is 4.94. The fraction of sp³-hybridized carbons (Fsp3) is 0.750. The van der Waals surface area contributed by atoms with Gasteiger partial charge in [0, 0.05) is 10.2 Å². The van der Waals surface area contributed by atoms with Crippen LogP contribution in [0.25, 0.3) is 0 Å². The third kappa shape index (κ3) is 34.4. The van der Waals surface area contributed by atoms with Gasteiger partial charge in [0.2, 0.25) is 0 Å². The first-order valence-corrected chi connectivity index (χ1v) is 9.91. The van der Waals surface area contributed by atoms with Crippen molar-refractivity contribution in [3.63, 3.8) is 0 Å². The smallest absolute Gasteiger partial charge is 0.0537 e. The van der Waals surface area contributed by atoms with E-state index in [0.717, 1.165) is 64.8 Å². The van der Waals surface area contributed by atoms with Gasteiger partial charge in [0.15, 0.2) is 0 Å². The Labute approximate surface area is 155 Å². The van der Waals surface area contributed by atoms with Crippen LogP contribution in [0.4, 0.5) is 0 Å². The Morgan fingerprint density at radius 2 is 0.880 bits per heavy atom. The van der Waals surface area contributed by atoms with Gasteiger partial charge in [-0.1, -0.05) is 48.3 Å². The molecule has 0 unspecified atom stereocenters. The minimum absolute atomic E-state index is 0.773. The maximum atomic E-state index is 8.14. The molecule has 4 N–H and O–H groups in total. The molecule has 0 saturated carbocycles. The highest BCUT2D eigenvalue weighted by molar-refractivity contribution is 6.21. The molecule has 0 aromatic carbocycles. The van der Waals surface area contributed by atoms with E-state index in [4.69, 9.17) is 20.8 Å². The second kappa shape index (κ2) is 27.0. The molecule has 0 radical (unpaired) electrons. The molecular formula is C16H38N4O4Si. The van der Waals surface area contributed by atoms with Crippen LogP contribution in [0.2, 0.25) is 6.04 Å². The summed E-state index contributed by atoms with van der Waals surface area (Å²) in [4.78, 5) is 0. The zero-order chi connectivity index (χ0) is 20.7. The Morgan fingerprint density at radius 1 is 0.600 bits per heavy atom. The molecule has 0 heterocycles. The predicted molar refractivity (Wildman–Crippen MR) is 110 cm³/mol. The summed E-state index contributed by atoms with van der Waals surface area (Å²) in [5.74, 6) is 0. The topological polar surface area (TPSA) is 130 Å². The number of hydrogen-bond acceptors (Lipinski definition) is 8. The quantitative estimate of drug-likeness (QED) is 0.251. The maximum absolute atomic E-state index is 8.14. The minimum Gasteiger partial charge on any atom is -0.411 e. The molecule has 0 amide bonds. The minimum atomic E-state index is 0.773.